The highest BCUT2D eigenvalue weighted by atomic mass is 16.6. The molecular formula is C27H43N3O7. The van der Waals surface area contributed by atoms with Crippen molar-refractivity contribution in [2.24, 2.45) is 5.92 Å². The number of ether oxygens (including phenoxy) is 3. The van der Waals surface area contributed by atoms with Crippen LogP contribution in [0.3, 0.4) is 0 Å². The Morgan fingerprint density at radius 2 is 1.51 bits per heavy atom. The number of esters is 1. The molecule has 1 aromatic rings. The van der Waals surface area contributed by atoms with Crippen molar-refractivity contribution in [3.63, 3.8) is 0 Å². The molecular weight excluding hydrogens is 478 g/mol. The lowest BCUT2D eigenvalue weighted by Crippen LogP contribution is -2.57. The fraction of sp³-hybridized carbons (Fsp3) is 0.630. The van der Waals surface area contributed by atoms with E-state index < -0.39 is 47.6 Å². The number of methoxy groups -OCH3 is 2. The molecule has 0 saturated heterocycles. The largest absolute Gasteiger partial charge is 0.497 e. The van der Waals surface area contributed by atoms with Gasteiger partial charge in [0.2, 0.25) is 11.8 Å². The van der Waals surface area contributed by atoms with Gasteiger partial charge in [-0.2, -0.15) is 0 Å². The van der Waals surface area contributed by atoms with E-state index in [1.54, 1.807) is 59.1 Å². The van der Waals surface area contributed by atoms with Gasteiger partial charge in [-0.05, 0) is 51.3 Å². The van der Waals surface area contributed by atoms with Crippen molar-refractivity contribution in [2.45, 2.75) is 78.1 Å². The first-order valence-electron chi connectivity index (χ1n) is 12.4. The summed E-state index contributed by atoms with van der Waals surface area (Å²) in [4.78, 5) is 54.5. The summed E-state index contributed by atoms with van der Waals surface area (Å²) in [5.41, 5.74) is 0.0244. The zero-order valence-corrected chi connectivity index (χ0v) is 23.8. The summed E-state index contributed by atoms with van der Waals surface area (Å²) in [6.07, 6.45) is 0.0804. The highest BCUT2D eigenvalue weighted by Gasteiger charge is 2.37. The van der Waals surface area contributed by atoms with Crippen LogP contribution >= 0.6 is 0 Å². The number of rotatable bonds is 11. The van der Waals surface area contributed by atoms with Crippen molar-refractivity contribution in [3.05, 3.63) is 29.8 Å². The molecule has 3 amide bonds. The first-order chi connectivity index (χ1) is 17.2. The van der Waals surface area contributed by atoms with Crippen molar-refractivity contribution in [1.29, 1.82) is 0 Å². The molecule has 0 unspecified atom stereocenters. The minimum Gasteiger partial charge on any atom is -0.497 e. The Balaban J connectivity index is 3.18. The molecule has 0 heterocycles. The minimum absolute atomic E-state index is 0.147. The van der Waals surface area contributed by atoms with E-state index in [0.717, 1.165) is 5.56 Å². The summed E-state index contributed by atoms with van der Waals surface area (Å²) >= 11 is 0. The van der Waals surface area contributed by atoms with E-state index in [1.165, 1.54) is 31.0 Å². The molecule has 0 fully saturated rings. The standard InChI is InChI=1S/C27H43N3O7/c1-11-17(2)22(25(33)36-10)30(8)23(31)18(3)29(7)24(32)21(28-26(34)37-27(4,5)6)16-19-12-14-20(35-9)15-13-19/h12-15,17-18,21-22H,11,16H2,1-10H3,(H,28,34)/t17-,18-,21-,22-/m0/s1. The normalized spacial score (nSPS) is 14.4. The van der Waals surface area contributed by atoms with Gasteiger partial charge in [-0.15, -0.1) is 0 Å². The molecule has 4 atom stereocenters. The first-order valence-corrected chi connectivity index (χ1v) is 12.4. The summed E-state index contributed by atoms with van der Waals surface area (Å²) in [7, 11) is 5.86. The molecule has 1 rings (SSSR count). The summed E-state index contributed by atoms with van der Waals surface area (Å²) in [5, 5.41) is 2.65. The smallest absolute Gasteiger partial charge is 0.408 e. The molecule has 0 aliphatic rings. The lowest BCUT2D eigenvalue weighted by molar-refractivity contribution is -0.156. The molecule has 10 heteroatoms. The van der Waals surface area contributed by atoms with E-state index in [9.17, 15) is 19.2 Å². The van der Waals surface area contributed by atoms with Crippen LogP contribution in [0.25, 0.3) is 0 Å². The number of hydrogen-bond acceptors (Lipinski definition) is 7. The number of nitrogens with one attached hydrogen (secondary N) is 1. The van der Waals surface area contributed by atoms with Crippen LogP contribution in [0, 0.1) is 5.92 Å². The van der Waals surface area contributed by atoms with Crippen molar-refractivity contribution in [1.82, 2.24) is 15.1 Å². The molecule has 10 nitrogen and oxygen atoms in total. The third kappa shape index (κ3) is 9.26. The zero-order valence-electron chi connectivity index (χ0n) is 23.8. The van der Waals surface area contributed by atoms with Crippen LogP contribution in [-0.4, -0.2) is 85.7 Å². The van der Waals surface area contributed by atoms with Crippen molar-refractivity contribution in [3.8, 4) is 5.75 Å². The highest BCUT2D eigenvalue weighted by Crippen LogP contribution is 2.19. The van der Waals surface area contributed by atoms with Gasteiger partial charge in [0.1, 0.15) is 29.5 Å². The molecule has 0 aliphatic heterocycles. The lowest BCUT2D eigenvalue weighted by Gasteiger charge is -2.35. The van der Waals surface area contributed by atoms with Gasteiger partial charge in [-0.3, -0.25) is 9.59 Å². The van der Waals surface area contributed by atoms with E-state index in [0.29, 0.717) is 12.2 Å². The predicted molar refractivity (Wildman–Crippen MR) is 140 cm³/mol. The minimum atomic E-state index is -1.00. The number of alkyl carbamates (subject to hydrolysis) is 1. The maximum absolute atomic E-state index is 13.6. The molecule has 0 aliphatic carbocycles. The molecule has 0 radical (unpaired) electrons. The number of carbonyl (C=O) groups is 4. The van der Waals surface area contributed by atoms with Crippen LogP contribution in [0.4, 0.5) is 4.79 Å². The van der Waals surface area contributed by atoms with Crippen molar-refractivity contribution >= 4 is 23.9 Å². The molecule has 1 aromatic carbocycles. The summed E-state index contributed by atoms with van der Waals surface area (Å²) in [5.74, 6) is -0.907. The highest BCUT2D eigenvalue weighted by molar-refractivity contribution is 5.93. The Morgan fingerprint density at radius 3 is 1.97 bits per heavy atom. The van der Waals surface area contributed by atoms with Gasteiger partial charge in [-0.1, -0.05) is 32.4 Å². The Kier molecular flexibility index (Phi) is 11.9. The number of hydrogen-bond donors (Lipinski definition) is 1. The number of benzene rings is 1. The van der Waals surface area contributed by atoms with Gasteiger partial charge in [0.25, 0.3) is 0 Å². The topological polar surface area (TPSA) is 114 Å². The molecule has 0 spiro atoms. The monoisotopic (exact) mass is 521 g/mol. The average Bonchev–Trinajstić information content (AvgIpc) is 2.85. The van der Waals surface area contributed by atoms with E-state index in [-0.39, 0.29) is 12.3 Å². The zero-order chi connectivity index (χ0) is 28.5. The maximum Gasteiger partial charge on any atom is 0.408 e. The SMILES string of the molecule is CC[C@H](C)[C@@H](C(=O)OC)N(C)C(=O)[C@H](C)N(C)C(=O)[C@H](Cc1ccc(OC)cc1)NC(=O)OC(C)(C)C. The average molecular weight is 522 g/mol. The fourth-order valence-corrected chi connectivity index (χ4v) is 3.80. The van der Waals surface area contributed by atoms with Crippen LogP contribution in [0.15, 0.2) is 24.3 Å². The first kappa shape index (κ1) is 31.7. The summed E-state index contributed by atoms with van der Waals surface area (Å²) in [6, 6.07) is 4.42. The predicted octanol–water partition coefficient (Wildman–Crippen LogP) is 3.02. The quantitative estimate of drug-likeness (QED) is 0.445. The fourth-order valence-electron chi connectivity index (χ4n) is 3.80. The van der Waals surface area contributed by atoms with Gasteiger partial charge in [0, 0.05) is 20.5 Å². The van der Waals surface area contributed by atoms with Crippen LogP contribution in [-0.2, 0) is 30.3 Å². The van der Waals surface area contributed by atoms with Gasteiger partial charge in [0.05, 0.1) is 14.2 Å². The van der Waals surface area contributed by atoms with Crippen LogP contribution < -0.4 is 10.1 Å². The van der Waals surface area contributed by atoms with Gasteiger partial charge >= 0.3 is 12.1 Å². The van der Waals surface area contributed by atoms with Gasteiger partial charge in [0.15, 0.2) is 0 Å². The van der Waals surface area contributed by atoms with E-state index in [4.69, 9.17) is 14.2 Å². The maximum atomic E-state index is 13.6. The molecule has 208 valence electrons. The summed E-state index contributed by atoms with van der Waals surface area (Å²) in [6.45, 7) is 10.5. The van der Waals surface area contributed by atoms with Crippen LogP contribution in [0.2, 0.25) is 0 Å². The molecule has 0 saturated carbocycles. The number of likely N-dealkylation sites (N-methyl/N-ethyl adjacent to an activating group) is 2. The Labute approximate surface area is 220 Å². The number of carbonyl (C=O) groups excluding carboxylic acids is 4. The Hall–Kier alpha value is -3.30. The van der Waals surface area contributed by atoms with Crippen LogP contribution in [0.5, 0.6) is 5.75 Å². The summed E-state index contributed by atoms with van der Waals surface area (Å²) < 4.78 is 15.5. The lowest BCUT2D eigenvalue weighted by atomic mass is 9.97. The van der Waals surface area contributed by atoms with Gasteiger partial charge in [-0.25, -0.2) is 9.59 Å². The van der Waals surface area contributed by atoms with E-state index >= 15 is 0 Å². The molecule has 1 N–H and O–H groups in total. The second kappa shape index (κ2) is 13.9. The second-order valence-corrected chi connectivity index (χ2v) is 10.2. The number of amides is 3. The Bertz CT molecular complexity index is 927. The van der Waals surface area contributed by atoms with E-state index in [2.05, 4.69) is 5.32 Å². The molecule has 0 bridgehead atoms. The third-order valence-electron chi connectivity index (χ3n) is 6.26. The third-order valence-corrected chi connectivity index (χ3v) is 6.26. The van der Waals surface area contributed by atoms with E-state index in [1.807, 2.05) is 13.8 Å². The van der Waals surface area contributed by atoms with Crippen LogP contribution in [0.1, 0.15) is 53.5 Å². The second-order valence-electron chi connectivity index (χ2n) is 10.2. The number of nitrogens with zero attached hydrogens (tertiary/aromatic N) is 2. The van der Waals surface area contributed by atoms with Crippen molar-refractivity contribution < 1.29 is 33.4 Å². The molecule has 37 heavy (non-hydrogen) atoms. The molecule has 0 aromatic heterocycles. The Morgan fingerprint density at radius 1 is 0.946 bits per heavy atom. The van der Waals surface area contributed by atoms with Crippen molar-refractivity contribution in [2.75, 3.05) is 28.3 Å². The van der Waals surface area contributed by atoms with Gasteiger partial charge < -0.3 is 29.3 Å².